The summed E-state index contributed by atoms with van der Waals surface area (Å²) in [4.78, 5) is 13.3. The Balaban J connectivity index is 4.01. The fourth-order valence-corrected chi connectivity index (χ4v) is 0.892. The summed E-state index contributed by atoms with van der Waals surface area (Å²) >= 11 is 4.73. The number of nitrogens with two attached hydrogens (primary N) is 1. The van der Waals surface area contributed by atoms with Gasteiger partial charge < -0.3 is 15.4 Å². The Morgan fingerprint density at radius 2 is 2.23 bits per heavy atom. The van der Waals surface area contributed by atoms with E-state index in [1.807, 2.05) is 0 Å². The summed E-state index contributed by atoms with van der Waals surface area (Å²) in [6.45, 7) is 2.78. The highest BCUT2D eigenvalue weighted by atomic mass is 32.1. The van der Waals surface area contributed by atoms with E-state index in [-0.39, 0.29) is 10.9 Å². The van der Waals surface area contributed by atoms with E-state index in [1.165, 1.54) is 0 Å². The molecule has 0 spiro atoms. The first kappa shape index (κ1) is 12.3. The molecule has 0 aromatic heterocycles. The number of nitrogens with zero attached hydrogens (tertiary/aromatic N) is 1. The number of carbonyl (C=O) groups is 1. The number of carbonyl (C=O) groups excluding carboxylic acids is 1. The van der Waals surface area contributed by atoms with Gasteiger partial charge in [-0.3, -0.25) is 4.79 Å². The van der Waals surface area contributed by atoms with Crippen molar-refractivity contribution < 1.29 is 9.53 Å². The molecular formula is C8H16N2O2S. The predicted molar refractivity (Wildman–Crippen MR) is 55.5 cm³/mol. The van der Waals surface area contributed by atoms with Gasteiger partial charge in [0.2, 0.25) is 5.91 Å². The number of methoxy groups -OCH3 is 1. The molecule has 1 atom stereocenters. The summed E-state index contributed by atoms with van der Waals surface area (Å²) in [5.41, 5.74) is 5.36. The average molecular weight is 204 g/mol. The zero-order valence-electron chi connectivity index (χ0n) is 8.24. The molecule has 4 nitrogen and oxygen atoms in total. The number of thiocarbonyl (C=S) groups is 1. The summed E-state index contributed by atoms with van der Waals surface area (Å²) in [5.74, 6) is -0.457. The number of rotatable bonds is 5. The van der Waals surface area contributed by atoms with E-state index >= 15 is 0 Å². The summed E-state index contributed by atoms with van der Waals surface area (Å²) in [5, 5.41) is 0. The van der Waals surface area contributed by atoms with Crippen molar-refractivity contribution in [1.29, 1.82) is 0 Å². The first-order valence-corrected chi connectivity index (χ1v) is 4.44. The standard InChI is InChI=1S/C8H16N2O2S/c1-6(7(9)13)8(11)10(2)4-5-12-3/h6H,4-5H2,1-3H3,(H2,9,13). The van der Waals surface area contributed by atoms with E-state index in [0.717, 1.165) is 0 Å². The average Bonchev–Trinajstić information content (AvgIpc) is 2.11. The summed E-state index contributed by atoms with van der Waals surface area (Å²) in [7, 11) is 3.30. The van der Waals surface area contributed by atoms with Gasteiger partial charge in [0.25, 0.3) is 0 Å². The molecule has 76 valence electrons. The maximum Gasteiger partial charge on any atom is 0.232 e. The second-order valence-corrected chi connectivity index (χ2v) is 3.35. The van der Waals surface area contributed by atoms with Gasteiger partial charge in [-0.15, -0.1) is 0 Å². The van der Waals surface area contributed by atoms with Crippen LogP contribution in [0.3, 0.4) is 0 Å². The molecule has 1 unspecified atom stereocenters. The minimum Gasteiger partial charge on any atom is -0.393 e. The molecule has 0 bridgehead atoms. The number of likely N-dealkylation sites (N-methyl/N-ethyl adjacent to an activating group) is 1. The molecule has 1 amide bonds. The van der Waals surface area contributed by atoms with Crippen molar-refractivity contribution in [3.8, 4) is 0 Å². The van der Waals surface area contributed by atoms with Gasteiger partial charge in [-0.05, 0) is 6.92 Å². The van der Waals surface area contributed by atoms with E-state index in [1.54, 1.807) is 26.0 Å². The second-order valence-electron chi connectivity index (χ2n) is 2.88. The largest absolute Gasteiger partial charge is 0.393 e. The molecule has 5 heteroatoms. The Kier molecular flexibility index (Phi) is 5.57. The third-order valence-electron chi connectivity index (χ3n) is 1.80. The number of amides is 1. The maximum absolute atomic E-state index is 11.5. The molecule has 0 aromatic carbocycles. The highest BCUT2D eigenvalue weighted by molar-refractivity contribution is 7.80. The van der Waals surface area contributed by atoms with E-state index in [4.69, 9.17) is 22.7 Å². The maximum atomic E-state index is 11.5. The minimum absolute atomic E-state index is 0.0652. The van der Waals surface area contributed by atoms with Gasteiger partial charge in [0.15, 0.2) is 0 Å². The monoisotopic (exact) mass is 204 g/mol. The van der Waals surface area contributed by atoms with Gasteiger partial charge in [-0.25, -0.2) is 0 Å². The van der Waals surface area contributed by atoms with Crippen molar-refractivity contribution in [2.75, 3.05) is 27.3 Å². The van der Waals surface area contributed by atoms with Crippen LogP contribution < -0.4 is 5.73 Å². The normalized spacial score (nSPS) is 12.2. The first-order chi connectivity index (χ1) is 6.00. The molecule has 0 heterocycles. The van der Waals surface area contributed by atoms with Crippen LogP contribution in [0.2, 0.25) is 0 Å². The molecule has 0 radical (unpaired) electrons. The molecule has 0 saturated heterocycles. The van der Waals surface area contributed by atoms with Crippen LogP contribution in [0.1, 0.15) is 6.92 Å². The lowest BCUT2D eigenvalue weighted by Gasteiger charge is -2.20. The van der Waals surface area contributed by atoms with Gasteiger partial charge in [-0.2, -0.15) is 0 Å². The number of hydrogen-bond acceptors (Lipinski definition) is 3. The van der Waals surface area contributed by atoms with E-state index in [9.17, 15) is 4.79 Å². The Hall–Kier alpha value is -0.680. The molecule has 13 heavy (non-hydrogen) atoms. The quantitative estimate of drug-likeness (QED) is 0.641. The molecular weight excluding hydrogens is 188 g/mol. The third-order valence-corrected chi connectivity index (χ3v) is 2.16. The minimum atomic E-state index is -0.392. The van der Waals surface area contributed by atoms with Crippen LogP contribution in [0, 0.1) is 5.92 Å². The molecule has 0 rings (SSSR count). The van der Waals surface area contributed by atoms with Crippen molar-refractivity contribution in [2.45, 2.75) is 6.92 Å². The Bertz CT molecular complexity index is 197. The van der Waals surface area contributed by atoms with Crippen LogP contribution in [-0.4, -0.2) is 43.1 Å². The molecule has 0 aliphatic carbocycles. The summed E-state index contributed by atoms with van der Waals surface area (Å²) in [6.07, 6.45) is 0. The van der Waals surface area contributed by atoms with Crippen molar-refractivity contribution in [2.24, 2.45) is 11.7 Å². The highest BCUT2D eigenvalue weighted by Gasteiger charge is 2.18. The lowest BCUT2D eigenvalue weighted by molar-refractivity contribution is -0.132. The van der Waals surface area contributed by atoms with Crippen LogP contribution in [0.25, 0.3) is 0 Å². The number of hydrogen-bond donors (Lipinski definition) is 1. The molecule has 0 aromatic rings. The Morgan fingerprint density at radius 3 is 2.62 bits per heavy atom. The fourth-order valence-electron chi connectivity index (χ4n) is 0.791. The zero-order valence-corrected chi connectivity index (χ0v) is 9.06. The molecule has 0 aliphatic heterocycles. The van der Waals surface area contributed by atoms with Crippen LogP contribution in [0.4, 0.5) is 0 Å². The van der Waals surface area contributed by atoms with Gasteiger partial charge in [-0.1, -0.05) is 12.2 Å². The van der Waals surface area contributed by atoms with Crippen LogP contribution in [0.5, 0.6) is 0 Å². The van der Waals surface area contributed by atoms with Gasteiger partial charge in [0.05, 0.1) is 17.5 Å². The SMILES string of the molecule is COCCN(C)C(=O)C(C)C(N)=S. The van der Waals surface area contributed by atoms with Gasteiger partial charge in [0, 0.05) is 20.7 Å². The first-order valence-electron chi connectivity index (χ1n) is 4.04. The van der Waals surface area contributed by atoms with Crippen molar-refractivity contribution in [3.05, 3.63) is 0 Å². The predicted octanol–water partition coefficient (Wildman–Crippen LogP) is 0.0134. The highest BCUT2D eigenvalue weighted by Crippen LogP contribution is 2.00. The van der Waals surface area contributed by atoms with Crippen LogP contribution in [-0.2, 0) is 9.53 Å². The van der Waals surface area contributed by atoms with E-state index < -0.39 is 5.92 Å². The van der Waals surface area contributed by atoms with E-state index in [0.29, 0.717) is 13.2 Å². The Labute approximate surface area is 84.0 Å². The number of ether oxygens (including phenoxy) is 1. The Morgan fingerprint density at radius 1 is 1.69 bits per heavy atom. The zero-order chi connectivity index (χ0) is 10.4. The lowest BCUT2D eigenvalue weighted by Crippen LogP contribution is -2.39. The summed E-state index contributed by atoms with van der Waals surface area (Å²) < 4.78 is 4.84. The smallest absolute Gasteiger partial charge is 0.232 e. The van der Waals surface area contributed by atoms with Crippen molar-refractivity contribution >= 4 is 23.1 Å². The molecule has 0 saturated carbocycles. The van der Waals surface area contributed by atoms with Crippen LogP contribution in [0.15, 0.2) is 0 Å². The molecule has 2 N–H and O–H groups in total. The lowest BCUT2D eigenvalue weighted by atomic mass is 10.1. The van der Waals surface area contributed by atoms with E-state index in [2.05, 4.69) is 0 Å². The second kappa shape index (κ2) is 5.88. The van der Waals surface area contributed by atoms with Gasteiger partial charge >= 0.3 is 0 Å². The van der Waals surface area contributed by atoms with Crippen LogP contribution >= 0.6 is 12.2 Å². The van der Waals surface area contributed by atoms with Crippen molar-refractivity contribution in [3.63, 3.8) is 0 Å². The molecule has 0 aliphatic rings. The van der Waals surface area contributed by atoms with Gasteiger partial charge in [0.1, 0.15) is 0 Å². The summed E-state index contributed by atoms with van der Waals surface area (Å²) in [6, 6.07) is 0. The van der Waals surface area contributed by atoms with Crippen molar-refractivity contribution in [1.82, 2.24) is 4.90 Å². The third kappa shape index (κ3) is 4.19. The fraction of sp³-hybridized carbons (Fsp3) is 0.750. The molecule has 0 fully saturated rings. The topological polar surface area (TPSA) is 55.6 Å².